The van der Waals surface area contributed by atoms with Gasteiger partial charge in [0.1, 0.15) is 12.4 Å². The third-order valence-corrected chi connectivity index (χ3v) is 8.69. The van der Waals surface area contributed by atoms with E-state index in [0.29, 0.717) is 33.1 Å². The van der Waals surface area contributed by atoms with E-state index in [9.17, 15) is 9.59 Å². The minimum atomic E-state index is -0.622. The second kappa shape index (κ2) is 12.3. The lowest BCUT2D eigenvalue weighted by Gasteiger charge is -2.25. The molecule has 0 radical (unpaired) electrons. The van der Waals surface area contributed by atoms with Crippen LogP contribution in [0.3, 0.4) is 0 Å². The summed E-state index contributed by atoms with van der Waals surface area (Å²) in [4.78, 5) is 32.2. The molecule has 3 aromatic rings. The Bertz CT molecular complexity index is 1580. The number of esters is 1. The molecular formula is C29H28I2N2O4S. The molecule has 1 aliphatic rings. The van der Waals surface area contributed by atoms with Crippen molar-refractivity contribution < 1.29 is 14.3 Å². The first-order valence-electron chi connectivity index (χ1n) is 12.2. The number of allylic oxidation sites excluding steroid dienone is 1. The highest BCUT2D eigenvalue weighted by Crippen LogP contribution is 2.32. The SMILES string of the molecule is C=CCOc1c(I)cc(/C=c2\sc3n(c2=O)C(c2ccc(C(C)C)cc2)C(C(=O)OCC)=C(C)N=3)cc1I. The summed E-state index contributed by atoms with van der Waals surface area (Å²) in [7, 11) is 0. The standard InChI is InChI=1S/C29H28I2N2O4S/c1-6-12-37-26-21(30)13-18(14-22(26)31)15-23-27(34)33-25(20-10-8-19(9-11-20)16(3)4)24(28(35)36-7-2)17(5)32-29(33)38-23/h6,8-11,13-16,25H,1,7,12H2,2-5H3/b23-15-. The molecule has 4 rings (SSSR count). The maximum Gasteiger partial charge on any atom is 0.338 e. The molecule has 0 amide bonds. The van der Waals surface area contributed by atoms with Crippen molar-refractivity contribution in [2.24, 2.45) is 4.99 Å². The predicted molar refractivity (Wildman–Crippen MR) is 168 cm³/mol. The van der Waals surface area contributed by atoms with Gasteiger partial charge >= 0.3 is 5.97 Å². The minimum absolute atomic E-state index is 0.196. The molecule has 1 atom stereocenters. The number of aromatic nitrogens is 1. The molecule has 38 heavy (non-hydrogen) atoms. The fourth-order valence-corrected chi connectivity index (χ4v) is 7.44. The van der Waals surface area contributed by atoms with Crippen molar-refractivity contribution in [2.75, 3.05) is 13.2 Å². The number of benzene rings is 2. The molecule has 0 saturated carbocycles. The Morgan fingerprint density at radius 2 is 1.87 bits per heavy atom. The highest BCUT2D eigenvalue weighted by atomic mass is 127. The molecule has 1 unspecified atom stereocenters. The Morgan fingerprint density at radius 3 is 2.45 bits per heavy atom. The quantitative estimate of drug-likeness (QED) is 0.168. The largest absolute Gasteiger partial charge is 0.487 e. The molecule has 0 N–H and O–H groups in total. The van der Waals surface area contributed by atoms with Crippen LogP contribution in [-0.4, -0.2) is 23.8 Å². The number of hydrogen-bond acceptors (Lipinski definition) is 6. The molecule has 9 heteroatoms. The van der Waals surface area contributed by atoms with Gasteiger partial charge in [-0.2, -0.15) is 0 Å². The van der Waals surface area contributed by atoms with Gasteiger partial charge in [-0.1, -0.05) is 62.1 Å². The smallest absolute Gasteiger partial charge is 0.338 e. The molecule has 2 heterocycles. The van der Waals surface area contributed by atoms with Gasteiger partial charge in [0.15, 0.2) is 4.80 Å². The van der Waals surface area contributed by atoms with E-state index in [1.807, 2.05) is 42.5 Å². The van der Waals surface area contributed by atoms with Crippen molar-refractivity contribution in [1.82, 2.24) is 4.57 Å². The molecule has 0 bridgehead atoms. The first-order chi connectivity index (χ1) is 18.2. The van der Waals surface area contributed by atoms with Crippen LogP contribution in [0, 0.1) is 7.14 Å². The second-order valence-electron chi connectivity index (χ2n) is 9.04. The Hall–Kier alpha value is -2.25. The lowest BCUT2D eigenvalue weighted by atomic mass is 9.93. The van der Waals surface area contributed by atoms with Gasteiger partial charge in [0.25, 0.3) is 5.56 Å². The van der Waals surface area contributed by atoms with Gasteiger partial charge in [-0.05, 0) is 99.8 Å². The van der Waals surface area contributed by atoms with Gasteiger partial charge in [-0.25, -0.2) is 9.79 Å². The van der Waals surface area contributed by atoms with E-state index in [2.05, 4.69) is 70.6 Å². The number of ether oxygens (including phenoxy) is 2. The van der Waals surface area contributed by atoms with Crippen LogP contribution in [0.5, 0.6) is 5.75 Å². The third kappa shape index (κ3) is 5.84. The average Bonchev–Trinajstić information content (AvgIpc) is 3.17. The molecule has 198 valence electrons. The van der Waals surface area contributed by atoms with E-state index < -0.39 is 12.0 Å². The van der Waals surface area contributed by atoms with Gasteiger partial charge in [0, 0.05) is 0 Å². The number of carbonyl (C=O) groups is 1. The van der Waals surface area contributed by atoms with Gasteiger partial charge in [0.2, 0.25) is 0 Å². The third-order valence-electron chi connectivity index (χ3n) is 6.10. The topological polar surface area (TPSA) is 69.9 Å². The zero-order chi connectivity index (χ0) is 27.6. The minimum Gasteiger partial charge on any atom is -0.487 e. The summed E-state index contributed by atoms with van der Waals surface area (Å²) in [6.07, 6.45) is 3.58. The number of thiazole rings is 1. The van der Waals surface area contributed by atoms with E-state index >= 15 is 0 Å². The summed E-state index contributed by atoms with van der Waals surface area (Å²) in [6, 6.07) is 11.4. The maximum atomic E-state index is 13.9. The molecular weight excluding hydrogens is 726 g/mol. The van der Waals surface area contributed by atoms with E-state index in [1.165, 1.54) is 16.9 Å². The van der Waals surface area contributed by atoms with E-state index in [4.69, 9.17) is 9.47 Å². The number of nitrogens with zero attached hydrogens (tertiary/aromatic N) is 2. The number of halogens is 2. The summed E-state index contributed by atoms with van der Waals surface area (Å²) in [5.74, 6) is 0.705. The second-order valence-corrected chi connectivity index (χ2v) is 12.4. The molecule has 0 fully saturated rings. The van der Waals surface area contributed by atoms with E-state index in [-0.39, 0.29) is 12.2 Å². The highest BCUT2D eigenvalue weighted by molar-refractivity contribution is 14.1. The Morgan fingerprint density at radius 1 is 1.21 bits per heavy atom. The van der Waals surface area contributed by atoms with Gasteiger partial charge in [-0.3, -0.25) is 9.36 Å². The van der Waals surface area contributed by atoms with Crippen LogP contribution in [0.1, 0.15) is 56.3 Å². The number of rotatable bonds is 8. The lowest BCUT2D eigenvalue weighted by Crippen LogP contribution is -2.39. The number of fused-ring (bicyclic) bond motifs is 1. The van der Waals surface area contributed by atoms with E-state index in [0.717, 1.165) is 24.0 Å². The van der Waals surface area contributed by atoms with Crippen molar-refractivity contribution in [3.63, 3.8) is 0 Å². The predicted octanol–water partition coefficient (Wildman–Crippen LogP) is 5.70. The first kappa shape index (κ1) is 28.8. The van der Waals surface area contributed by atoms with Crippen molar-refractivity contribution in [2.45, 2.75) is 39.7 Å². The summed E-state index contributed by atoms with van der Waals surface area (Å²) in [5.41, 5.74) is 3.65. The fraction of sp³-hybridized carbons (Fsp3) is 0.276. The van der Waals surface area contributed by atoms with Crippen LogP contribution in [0.15, 0.2) is 70.1 Å². The Balaban J connectivity index is 1.88. The summed E-state index contributed by atoms with van der Waals surface area (Å²) in [5, 5.41) is 0. The van der Waals surface area contributed by atoms with Crippen molar-refractivity contribution in [3.05, 3.63) is 104 Å². The molecule has 1 aliphatic heterocycles. The number of hydrogen-bond donors (Lipinski definition) is 0. The van der Waals surface area contributed by atoms with Crippen LogP contribution in [0.25, 0.3) is 6.08 Å². The van der Waals surface area contributed by atoms with Crippen molar-refractivity contribution in [1.29, 1.82) is 0 Å². The Labute approximate surface area is 253 Å². The zero-order valence-electron chi connectivity index (χ0n) is 21.6. The zero-order valence-corrected chi connectivity index (χ0v) is 26.7. The average molecular weight is 754 g/mol. The van der Waals surface area contributed by atoms with Gasteiger partial charge < -0.3 is 9.47 Å². The monoisotopic (exact) mass is 754 g/mol. The molecule has 1 aromatic heterocycles. The summed E-state index contributed by atoms with van der Waals surface area (Å²) >= 11 is 5.79. The first-order valence-corrected chi connectivity index (χ1v) is 15.2. The van der Waals surface area contributed by atoms with Crippen LogP contribution < -0.4 is 19.6 Å². The summed E-state index contributed by atoms with van der Waals surface area (Å²) in [6.45, 7) is 12.2. The number of carbonyl (C=O) groups excluding carboxylic acids is 1. The molecule has 2 aromatic carbocycles. The Kier molecular flexibility index (Phi) is 9.30. The van der Waals surface area contributed by atoms with E-state index in [1.54, 1.807) is 24.5 Å². The highest BCUT2D eigenvalue weighted by Gasteiger charge is 2.33. The molecule has 6 nitrogen and oxygen atoms in total. The van der Waals surface area contributed by atoms with Crippen molar-refractivity contribution >= 4 is 68.6 Å². The van der Waals surface area contributed by atoms with Crippen molar-refractivity contribution in [3.8, 4) is 5.75 Å². The maximum absolute atomic E-state index is 13.9. The fourth-order valence-electron chi connectivity index (χ4n) is 4.26. The molecule has 0 spiro atoms. The molecule has 0 aliphatic carbocycles. The van der Waals surface area contributed by atoms with Crippen LogP contribution >= 0.6 is 56.5 Å². The summed E-state index contributed by atoms with van der Waals surface area (Å²) < 4.78 is 15.2. The van der Waals surface area contributed by atoms with Crippen LogP contribution in [0.2, 0.25) is 0 Å². The van der Waals surface area contributed by atoms with Gasteiger partial charge in [-0.15, -0.1) is 0 Å². The molecule has 0 saturated heterocycles. The van der Waals surface area contributed by atoms with Crippen LogP contribution in [0.4, 0.5) is 0 Å². The van der Waals surface area contributed by atoms with Crippen LogP contribution in [-0.2, 0) is 9.53 Å². The normalized spacial score (nSPS) is 15.3. The van der Waals surface area contributed by atoms with Gasteiger partial charge in [0.05, 0.1) is 35.6 Å². The lowest BCUT2D eigenvalue weighted by molar-refractivity contribution is -0.139.